The standard InChI is InChI=1S/C32H49N5O5/c1-20(2)19-41-29-25(18-34-37(29)12-11-31(3,4)36-26(38)10-9-21-7-5-6-8-21)28(39)35-27-23-13-22-14-24(27)17-32(15-22,16-23)42-30(33)40/h11-12,18,20-24,27H,5-10,13-17,19H2,1-4H3,(H2,33,40)(H,35,39)(H,36,38)/b12-11+/t22?,23?,24?,27-,32-. The van der Waals surface area contributed by atoms with Gasteiger partial charge in [0, 0.05) is 18.7 Å². The van der Waals surface area contributed by atoms with Crippen molar-refractivity contribution in [3.05, 3.63) is 17.8 Å². The van der Waals surface area contributed by atoms with Gasteiger partial charge in [-0.15, -0.1) is 0 Å². The summed E-state index contributed by atoms with van der Waals surface area (Å²) < 4.78 is 13.3. The Morgan fingerprint density at radius 1 is 1.17 bits per heavy atom. The number of amides is 3. The predicted molar refractivity (Wildman–Crippen MR) is 160 cm³/mol. The molecule has 1 aromatic rings. The molecule has 2 unspecified atom stereocenters. The Balaban J connectivity index is 1.25. The first-order valence-corrected chi connectivity index (χ1v) is 15.9. The Labute approximate surface area is 249 Å². The average molecular weight is 584 g/mol. The molecular formula is C32H49N5O5. The van der Waals surface area contributed by atoms with E-state index in [9.17, 15) is 14.4 Å². The zero-order valence-electron chi connectivity index (χ0n) is 25.7. The molecule has 3 amide bonds. The Kier molecular flexibility index (Phi) is 8.90. The number of hydrogen-bond acceptors (Lipinski definition) is 6. The van der Waals surface area contributed by atoms with E-state index in [4.69, 9.17) is 15.2 Å². The topological polar surface area (TPSA) is 138 Å². The maximum Gasteiger partial charge on any atom is 0.405 e. The van der Waals surface area contributed by atoms with Gasteiger partial charge in [0.15, 0.2) is 0 Å². The molecule has 5 fully saturated rings. The molecule has 0 aromatic carbocycles. The van der Waals surface area contributed by atoms with Gasteiger partial charge in [0.25, 0.3) is 5.91 Å². The quantitative estimate of drug-likeness (QED) is 0.316. The van der Waals surface area contributed by atoms with Crippen LogP contribution in [-0.4, -0.2) is 51.5 Å². The van der Waals surface area contributed by atoms with Crippen LogP contribution < -0.4 is 21.1 Å². The van der Waals surface area contributed by atoms with Crippen molar-refractivity contribution in [2.45, 2.75) is 116 Å². The van der Waals surface area contributed by atoms with Crippen LogP contribution in [-0.2, 0) is 9.53 Å². The van der Waals surface area contributed by atoms with Crippen LogP contribution in [0.3, 0.4) is 0 Å². The third-order valence-corrected chi connectivity index (χ3v) is 9.73. The van der Waals surface area contributed by atoms with Gasteiger partial charge >= 0.3 is 6.09 Å². The average Bonchev–Trinajstić information content (AvgIpc) is 3.55. The zero-order valence-corrected chi connectivity index (χ0v) is 25.7. The van der Waals surface area contributed by atoms with Crippen LogP contribution >= 0.6 is 0 Å². The number of carbonyl (C=O) groups excluding carboxylic acids is 3. The van der Waals surface area contributed by atoms with Gasteiger partial charge in [-0.3, -0.25) is 9.59 Å². The second-order valence-corrected chi connectivity index (χ2v) is 14.4. The van der Waals surface area contributed by atoms with Crippen molar-refractivity contribution in [2.24, 2.45) is 35.3 Å². The molecular weight excluding hydrogens is 534 g/mol. The lowest BCUT2D eigenvalue weighted by Crippen LogP contribution is -2.63. The highest BCUT2D eigenvalue weighted by Gasteiger charge is 2.57. The van der Waals surface area contributed by atoms with E-state index >= 15 is 0 Å². The molecule has 0 radical (unpaired) electrons. The molecule has 5 aliphatic rings. The van der Waals surface area contributed by atoms with Crippen LogP contribution in [0.15, 0.2) is 12.3 Å². The van der Waals surface area contributed by atoms with Gasteiger partial charge in [0.1, 0.15) is 11.2 Å². The number of carbonyl (C=O) groups is 3. The Morgan fingerprint density at radius 3 is 2.50 bits per heavy atom. The lowest BCUT2D eigenvalue weighted by Gasteiger charge is -2.58. The summed E-state index contributed by atoms with van der Waals surface area (Å²) in [6, 6.07) is 0.00821. The molecule has 10 heteroatoms. The van der Waals surface area contributed by atoms with Gasteiger partial charge < -0.3 is 25.8 Å². The third kappa shape index (κ3) is 7.11. The molecule has 0 saturated heterocycles. The summed E-state index contributed by atoms with van der Waals surface area (Å²) in [7, 11) is 0. The van der Waals surface area contributed by atoms with Crippen molar-refractivity contribution in [2.75, 3.05) is 6.61 Å². The highest BCUT2D eigenvalue weighted by Crippen LogP contribution is 2.57. The van der Waals surface area contributed by atoms with Gasteiger partial charge in [-0.05, 0) is 88.0 Å². The van der Waals surface area contributed by atoms with E-state index in [1.54, 1.807) is 17.1 Å². The number of ether oxygens (including phenoxy) is 2. The summed E-state index contributed by atoms with van der Waals surface area (Å²) in [4.78, 5) is 37.9. The SMILES string of the molecule is CC(C)COc1c(C(=O)N[C@H]2C3CC4CC2C[C@](OC(N)=O)(C4)C3)cnn1/C=C/C(C)(C)NC(=O)CCC1CCCC1. The minimum Gasteiger partial charge on any atom is -0.477 e. The number of primary amides is 1. The van der Waals surface area contributed by atoms with E-state index in [1.807, 2.05) is 19.9 Å². The minimum absolute atomic E-state index is 0.00821. The van der Waals surface area contributed by atoms with Crippen molar-refractivity contribution in [3.63, 3.8) is 0 Å². The largest absolute Gasteiger partial charge is 0.477 e. The van der Waals surface area contributed by atoms with E-state index in [2.05, 4.69) is 29.6 Å². The molecule has 0 aliphatic heterocycles. The first kappa shape index (κ1) is 30.4. The number of nitrogens with zero attached hydrogens (tertiary/aromatic N) is 2. The fraction of sp³-hybridized carbons (Fsp3) is 0.750. The molecule has 10 nitrogen and oxygen atoms in total. The van der Waals surface area contributed by atoms with Crippen LogP contribution in [0.5, 0.6) is 5.88 Å². The highest BCUT2D eigenvalue weighted by molar-refractivity contribution is 5.96. The third-order valence-electron chi connectivity index (χ3n) is 9.73. The predicted octanol–water partition coefficient (Wildman–Crippen LogP) is 5.03. The van der Waals surface area contributed by atoms with E-state index in [0.29, 0.717) is 36.3 Å². The number of nitrogens with one attached hydrogen (secondary N) is 2. The van der Waals surface area contributed by atoms with Gasteiger partial charge in [-0.2, -0.15) is 5.10 Å². The molecule has 5 saturated carbocycles. The van der Waals surface area contributed by atoms with Gasteiger partial charge in [0.2, 0.25) is 11.8 Å². The second kappa shape index (κ2) is 12.3. The van der Waals surface area contributed by atoms with Crippen LogP contribution in [0.25, 0.3) is 6.20 Å². The summed E-state index contributed by atoms with van der Waals surface area (Å²) in [5, 5.41) is 10.9. The fourth-order valence-electron chi connectivity index (χ4n) is 8.11. The maximum absolute atomic E-state index is 13.7. The smallest absolute Gasteiger partial charge is 0.405 e. The Morgan fingerprint density at radius 2 is 1.86 bits per heavy atom. The molecule has 1 aromatic heterocycles. The van der Waals surface area contributed by atoms with E-state index < -0.39 is 17.2 Å². The van der Waals surface area contributed by atoms with Crippen LogP contribution in [0.1, 0.15) is 109 Å². The molecule has 42 heavy (non-hydrogen) atoms. The van der Waals surface area contributed by atoms with Crippen molar-refractivity contribution in [3.8, 4) is 5.88 Å². The van der Waals surface area contributed by atoms with Gasteiger partial charge in [0.05, 0.1) is 18.3 Å². The van der Waals surface area contributed by atoms with Crippen LogP contribution in [0.4, 0.5) is 4.79 Å². The summed E-state index contributed by atoms with van der Waals surface area (Å²) in [6.45, 7) is 8.44. The molecule has 0 spiro atoms. The molecule has 2 atom stereocenters. The number of aromatic nitrogens is 2. The Hall–Kier alpha value is -3.04. The van der Waals surface area contributed by atoms with Crippen molar-refractivity contribution < 1.29 is 23.9 Å². The van der Waals surface area contributed by atoms with Crippen molar-refractivity contribution in [1.29, 1.82) is 0 Å². The van der Waals surface area contributed by atoms with Crippen molar-refractivity contribution >= 4 is 24.1 Å². The normalized spacial score (nSPS) is 28.9. The van der Waals surface area contributed by atoms with E-state index in [1.165, 1.54) is 25.7 Å². The molecule has 1 heterocycles. The van der Waals surface area contributed by atoms with Crippen LogP contribution in [0, 0.1) is 29.6 Å². The van der Waals surface area contributed by atoms with Gasteiger partial charge in [-0.25, -0.2) is 9.48 Å². The lowest BCUT2D eigenvalue weighted by molar-refractivity contribution is -0.137. The molecule has 4 bridgehead atoms. The second-order valence-electron chi connectivity index (χ2n) is 14.4. The van der Waals surface area contributed by atoms with E-state index in [0.717, 1.165) is 38.5 Å². The maximum atomic E-state index is 13.7. The lowest BCUT2D eigenvalue weighted by atomic mass is 9.52. The molecule has 6 rings (SSSR count). The Bertz CT molecular complexity index is 1170. The van der Waals surface area contributed by atoms with Crippen molar-refractivity contribution in [1.82, 2.24) is 20.4 Å². The molecule has 232 valence electrons. The highest BCUT2D eigenvalue weighted by atomic mass is 16.6. The zero-order chi connectivity index (χ0) is 30.1. The monoisotopic (exact) mass is 583 g/mol. The van der Waals surface area contributed by atoms with Crippen LogP contribution in [0.2, 0.25) is 0 Å². The summed E-state index contributed by atoms with van der Waals surface area (Å²) in [6.07, 6.45) is 15.4. The summed E-state index contributed by atoms with van der Waals surface area (Å²) in [5.74, 6) is 2.14. The van der Waals surface area contributed by atoms with Gasteiger partial charge in [-0.1, -0.05) is 39.5 Å². The summed E-state index contributed by atoms with van der Waals surface area (Å²) >= 11 is 0. The van der Waals surface area contributed by atoms with E-state index in [-0.39, 0.29) is 35.6 Å². The summed E-state index contributed by atoms with van der Waals surface area (Å²) in [5.41, 5.74) is 4.71. The fourth-order valence-corrected chi connectivity index (χ4v) is 8.11. The number of rotatable bonds is 12. The minimum atomic E-state index is -0.711. The molecule has 4 N–H and O–H groups in total. The first-order chi connectivity index (χ1) is 19.9. The first-order valence-electron chi connectivity index (χ1n) is 15.9. The number of hydrogen-bond donors (Lipinski definition) is 3. The number of nitrogens with two attached hydrogens (primary N) is 1. The molecule has 5 aliphatic carbocycles.